The van der Waals surface area contributed by atoms with E-state index >= 15 is 0 Å². The summed E-state index contributed by atoms with van der Waals surface area (Å²) in [5.41, 5.74) is 3.67. The normalized spacial score (nSPS) is 15.9. The number of phenolic OH excluding ortho intramolecular Hbond substituents is 1. The Hall–Kier alpha value is -3.19. The number of β-amino-alcohol motifs (C(OH)–C–C–N with tert-alkyl or cyclic N) is 1. The maximum absolute atomic E-state index is 14.6. The number of carbonyl (C=O) groups is 1. The van der Waals surface area contributed by atoms with Gasteiger partial charge < -0.3 is 15.1 Å². The second kappa shape index (κ2) is 6.76. The second-order valence-electron chi connectivity index (χ2n) is 6.98. The number of carbonyl (C=O) groups excluding carboxylic acids is 1. The van der Waals surface area contributed by atoms with E-state index in [-0.39, 0.29) is 30.5 Å². The Bertz CT molecular complexity index is 1050. The largest absolute Gasteiger partial charge is 0.507 e. The van der Waals surface area contributed by atoms with Crippen molar-refractivity contribution in [1.29, 1.82) is 0 Å². The van der Waals surface area contributed by atoms with Gasteiger partial charge in [0, 0.05) is 23.2 Å². The third kappa shape index (κ3) is 2.66. The van der Waals surface area contributed by atoms with Gasteiger partial charge in [-0.25, -0.2) is 4.39 Å². The minimum absolute atomic E-state index is 0.0483. The first-order chi connectivity index (χ1) is 13.4. The van der Waals surface area contributed by atoms with E-state index in [1.165, 1.54) is 11.0 Å². The molecule has 0 spiro atoms. The SMILES string of the molecule is Cc1cc(C)c(-c2n[nH]c3c2[C@@H](c2ccccc2F)N(CCO)C3=O)c(O)c1. The van der Waals surface area contributed by atoms with Crippen molar-refractivity contribution in [3.63, 3.8) is 0 Å². The number of halogens is 1. The van der Waals surface area contributed by atoms with Gasteiger partial charge in [-0.1, -0.05) is 24.3 Å². The molecule has 2 heterocycles. The first-order valence-corrected chi connectivity index (χ1v) is 8.99. The molecule has 1 amide bonds. The number of fused-ring (bicyclic) bond motifs is 1. The predicted octanol–water partition coefficient (Wildman–Crippen LogP) is 3.08. The summed E-state index contributed by atoms with van der Waals surface area (Å²) in [5.74, 6) is -0.763. The molecule has 144 valence electrons. The van der Waals surface area contributed by atoms with Gasteiger partial charge in [-0.3, -0.25) is 9.89 Å². The van der Waals surface area contributed by atoms with E-state index in [2.05, 4.69) is 10.2 Å². The number of amides is 1. The van der Waals surface area contributed by atoms with Crippen molar-refractivity contribution >= 4 is 5.91 Å². The first-order valence-electron chi connectivity index (χ1n) is 8.99. The zero-order valence-corrected chi connectivity index (χ0v) is 15.5. The smallest absolute Gasteiger partial charge is 0.273 e. The molecule has 0 radical (unpaired) electrons. The zero-order chi connectivity index (χ0) is 20.0. The highest BCUT2D eigenvalue weighted by Crippen LogP contribution is 2.45. The molecule has 6 nitrogen and oxygen atoms in total. The van der Waals surface area contributed by atoms with Gasteiger partial charge in [-0.15, -0.1) is 0 Å². The van der Waals surface area contributed by atoms with Crippen LogP contribution in [0.2, 0.25) is 0 Å². The van der Waals surface area contributed by atoms with Crippen LogP contribution in [0.1, 0.15) is 38.8 Å². The second-order valence-corrected chi connectivity index (χ2v) is 6.98. The van der Waals surface area contributed by atoms with E-state index in [1.54, 1.807) is 24.3 Å². The van der Waals surface area contributed by atoms with Gasteiger partial charge in [-0.2, -0.15) is 5.10 Å². The van der Waals surface area contributed by atoms with Crippen LogP contribution in [0, 0.1) is 19.7 Å². The number of aromatic hydroxyl groups is 1. The molecule has 3 N–H and O–H groups in total. The number of aryl methyl sites for hydroxylation is 2. The monoisotopic (exact) mass is 381 g/mol. The molecule has 0 aliphatic carbocycles. The number of aliphatic hydroxyl groups is 1. The van der Waals surface area contributed by atoms with Crippen LogP contribution in [-0.4, -0.2) is 44.4 Å². The molecule has 0 saturated heterocycles. The number of rotatable bonds is 4. The van der Waals surface area contributed by atoms with Gasteiger partial charge in [0.2, 0.25) is 0 Å². The number of hydrogen-bond acceptors (Lipinski definition) is 4. The van der Waals surface area contributed by atoms with Crippen molar-refractivity contribution in [1.82, 2.24) is 15.1 Å². The lowest BCUT2D eigenvalue weighted by Gasteiger charge is -2.26. The maximum Gasteiger partial charge on any atom is 0.273 e. The van der Waals surface area contributed by atoms with Crippen LogP contribution in [0.15, 0.2) is 36.4 Å². The number of H-pyrrole nitrogens is 1. The summed E-state index contributed by atoms with van der Waals surface area (Å²) >= 11 is 0. The minimum atomic E-state index is -0.746. The fraction of sp³-hybridized carbons (Fsp3) is 0.238. The molecular formula is C21H20FN3O3. The van der Waals surface area contributed by atoms with E-state index in [1.807, 2.05) is 19.9 Å². The Morgan fingerprint density at radius 3 is 2.68 bits per heavy atom. The molecular weight excluding hydrogens is 361 g/mol. The number of nitrogens with one attached hydrogen (secondary N) is 1. The third-order valence-electron chi connectivity index (χ3n) is 5.10. The molecule has 0 bridgehead atoms. The molecule has 3 aromatic rings. The van der Waals surface area contributed by atoms with Gasteiger partial charge >= 0.3 is 0 Å². The fourth-order valence-corrected chi connectivity index (χ4v) is 4.00. The van der Waals surface area contributed by atoms with Crippen molar-refractivity contribution in [2.75, 3.05) is 13.2 Å². The molecule has 1 atom stereocenters. The average molecular weight is 381 g/mol. The molecule has 2 aromatic carbocycles. The van der Waals surface area contributed by atoms with Gasteiger partial charge in [0.05, 0.1) is 12.6 Å². The molecule has 7 heteroatoms. The topological polar surface area (TPSA) is 89.5 Å². The lowest BCUT2D eigenvalue weighted by Crippen LogP contribution is -2.32. The summed E-state index contributed by atoms with van der Waals surface area (Å²) in [6.07, 6.45) is 0. The molecule has 1 aliphatic rings. The van der Waals surface area contributed by atoms with Crippen molar-refractivity contribution in [2.24, 2.45) is 0 Å². The third-order valence-corrected chi connectivity index (χ3v) is 5.10. The number of phenols is 1. The number of hydrogen-bond donors (Lipinski definition) is 3. The Balaban J connectivity index is 1.97. The lowest BCUT2D eigenvalue weighted by atomic mass is 9.93. The Labute approximate surface area is 161 Å². The maximum atomic E-state index is 14.6. The quantitative estimate of drug-likeness (QED) is 0.648. The summed E-state index contributed by atoms with van der Waals surface area (Å²) in [5, 5.41) is 27.0. The van der Waals surface area contributed by atoms with Crippen LogP contribution in [0.5, 0.6) is 5.75 Å². The van der Waals surface area contributed by atoms with E-state index in [4.69, 9.17) is 0 Å². The summed E-state index contributed by atoms with van der Waals surface area (Å²) < 4.78 is 14.6. The highest BCUT2D eigenvalue weighted by atomic mass is 19.1. The van der Waals surface area contributed by atoms with Crippen LogP contribution in [-0.2, 0) is 0 Å². The molecule has 0 saturated carbocycles. The Kier molecular flexibility index (Phi) is 4.39. The average Bonchev–Trinajstić information content (AvgIpc) is 3.16. The summed E-state index contributed by atoms with van der Waals surface area (Å²) in [7, 11) is 0. The van der Waals surface area contributed by atoms with Crippen LogP contribution >= 0.6 is 0 Å². The van der Waals surface area contributed by atoms with Crippen molar-refractivity contribution in [2.45, 2.75) is 19.9 Å². The van der Waals surface area contributed by atoms with E-state index < -0.39 is 11.9 Å². The number of benzene rings is 2. The number of aromatic nitrogens is 2. The number of nitrogens with zero attached hydrogens (tertiary/aromatic N) is 2. The van der Waals surface area contributed by atoms with Crippen molar-refractivity contribution < 1.29 is 19.4 Å². The van der Waals surface area contributed by atoms with E-state index in [0.29, 0.717) is 22.4 Å². The standard InChI is InChI=1S/C21H20FN3O3/c1-11-9-12(2)16(15(27)10-11)18-17-19(24-23-18)21(28)25(7-8-26)20(17)13-5-3-4-6-14(13)22/h3-6,9-10,20,26-27H,7-8H2,1-2H3,(H,23,24)/t20-/m1/s1. The van der Waals surface area contributed by atoms with Crippen molar-refractivity contribution in [3.05, 3.63) is 70.2 Å². The number of aliphatic hydroxyl groups excluding tert-OH is 1. The molecule has 0 unspecified atom stereocenters. The fourth-order valence-electron chi connectivity index (χ4n) is 4.00. The Morgan fingerprint density at radius 2 is 2.00 bits per heavy atom. The highest BCUT2D eigenvalue weighted by molar-refractivity contribution is 6.00. The molecule has 4 rings (SSSR count). The molecule has 1 aromatic heterocycles. The van der Waals surface area contributed by atoms with Gasteiger partial charge in [-0.05, 0) is 37.1 Å². The van der Waals surface area contributed by atoms with E-state index in [9.17, 15) is 19.4 Å². The predicted molar refractivity (Wildman–Crippen MR) is 102 cm³/mol. The summed E-state index contributed by atoms with van der Waals surface area (Å²) in [4.78, 5) is 14.3. The van der Waals surface area contributed by atoms with Crippen LogP contribution in [0.25, 0.3) is 11.3 Å². The highest BCUT2D eigenvalue weighted by Gasteiger charge is 2.43. The van der Waals surface area contributed by atoms with E-state index in [0.717, 1.165) is 11.1 Å². The van der Waals surface area contributed by atoms with Crippen molar-refractivity contribution in [3.8, 4) is 17.0 Å². The molecule has 28 heavy (non-hydrogen) atoms. The van der Waals surface area contributed by atoms with Gasteiger partial charge in [0.15, 0.2) is 0 Å². The Morgan fingerprint density at radius 1 is 1.25 bits per heavy atom. The van der Waals surface area contributed by atoms with Crippen LogP contribution in [0.3, 0.4) is 0 Å². The van der Waals surface area contributed by atoms with Gasteiger partial charge in [0.25, 0.3) is 5.91 Å². The van der Waals surface area contributed by atoms with Gasteiger partial charge in [0.1, 0.15) is 23.0 Å². The minimum Gasteiger partial charge on any atom is -0.507 e. The first kappa shape index (κ1) is 18.2. The number of aromatic amines is 1. The molecule has 0 fully saturated rings. The lowest BCUT2D eigenvalue weighted by molar-refractivity contribution is 0.0704. The summed E-state index contributed by atoms with van der Waals surface area (Å²) in [6.45, 7) is 3.53. The molecule has 1 aliphatic heterocycles. The summed E-state index contributed by atoms with van der Waals surface area (Å²) in [6, 6.07) is 9.03. The van der Waals surface area contributed by atoms with Crippen LogP contribution < -0.4 is 0 Å². The van der Waals surface area contributed by atoms with Crippen LogP contribution in [0.4, 0.5) is 4.39 Å². The zero-order valence-electron chi connectivity index (χ0n) is 15.5.